The van der Waals surface area contributed by atoms with E-state index in [9.17, 15) is 9.59 Å². The summed E-state index contributed by atoms with van der Waals surface area (Å²) in [5.41, 5.74) is 7.09. The fourth-order valence-corrected chi connectivity index (χ4v) is 2.76. The molecular weight excluding hydrogens is 300 g/mol. The van der Waals surface area contributed by atoms with Gasteiger partial charge < -0.3 is 16.4 Å². The molecule has 22 heavy (non-hydrogen) atoms. The van der Waals surface area contributed by atoms with E-state index in [1.165, 1.54) is 11.3 Å². The number of amides is 3. The fourth-order valence-electron chi connectivity index (χ4n) is 2.08. The molecule has 2 rings (SSSR count). The molecule has 0 aliphatic rings. The van der Waals surface area contributed by atoms with Gasteiger partial charge in [-0.15, -0.1) is 11.3 Å². The average Bonchev–Trinajstić information content (AvgIpc) is 2.82. The number of hydrogen-bond acceptors (Lipinski definition) is 4. The van der Waals surface area contributed by atoms with Crippen molar-refractivity contribution < 1.29 is 9.59 Å². The molecule has 116 valence electrons. The van der Waals surface area contributed by atoms with Gasteiger partial charge in [-0.05, 0) is 19.4 Å². The largest absolute Gasteiger partial charge is 0.352 e. The van der Waals surface area contributed by atoms with Crippen LogP contribution in [0.1, 0.15) is 28.5 Å². The van der Waals surface area contributed by atoms with Crippen molar-refractivity contribution in [1.82, 2.24) is 10.3 Å². The first-order valence-corrected chi connectivity index (χ1v) is 7.60. The van der Waals surface area contributed by atoms with Crippen LogP contribution in [0.4, 0.5) is 9.93 Å². The highest BCUT2D eigenvalue weighted by atomic mass is 32.1. The van der Waals surface area contributed by atoms with Crippen LogP contribution < -0.4 is 16.4 Å². The molecule has 0 aliphatic carbocycles. The van der Waals surface area contributed by atoms with Crippen LogP contribution in [0.3, 0.4) is 0 Å². The predicted octanol–water partition coefficient (Wildman–Crippen LogP) is 2.50. The number of aryl methyl sites for hydroxylation is 2. The molecule has 3 amide bonds. The predicted molar refractivity (Wildman–Crippen MR) is 86.7 cm³/mol. The van der Waals surface area contributed by atoms with Crippen LogP contribution in [-0.2, 0) is 4.79 Å². The third kappa shape index (κ3) is 4.56. The Balaban J connectivity index is 2.09. The number of urea groups is 1. The topological polar surface area (TPSA) is 97.1 Å². The number of rotatable bonds is 5. The molecule has 1 heterocycles. The highest BCUT2D eigenvalue weighted by Crippen LogP contribution is 2.21. The van der Waals surface area contributed by atoms with Crippen LogP contribution >= 0.6 is 11.3 Å². The first kappa shape index (κ1) is 16.0. The number of primary amides is 1. The van der Waals surface area contributed by atoms with Gasteiger partial charge in [0.2, 0.25) is 5.91 Å². The van der Waals surface area contributed by atoms with Crippen LogP contribution in [0.25, 0.3) is 0 Å². The molecule has 1 aromatic heterocycles. The zero-order valence-corrected chi connectivity index (χ0v) is 13.2. The molecule has 1 aromatic carbocycles. The molecule has 0 aliphatic heterocycles. The summed E-state index contributed by atoms with van der Waals surface area (Å²) < 4.78 is 0. The van der Waals surface area contributed by atoms with Crippen LogP contribution in [0, 0.1) is 13.8 Å². The number of carbonyl (C=O) groups is 2. The maximum Gasteiger partial charge on any atom is 0.312 e. The molecule has 0 fully saturated rings. The second-order valence-corrected chi connectivity index (χ2v) is 6.24. The Hall–Kier alpha value is -2.41. The minimum Gasteiger partial charge on any atom is -0.352 e. The van der Waals surface area contributed by atoms with Crippen LogP contribution in [0.5, 0.6) is 0 Å². The summed E-state index contributed by atoms with van der Waals surface area (Å²) in [4.78, 5) is 28.4. The van der Waals surface area contributed by atoms with Gasteiger partial charge in [0, 0.05) is 11.1 Å². The zero-order chi connectivity index (χ0) is 16.1. The van der Waals surface area contributed by atoms with Crippen molar-refractivity contribution in [2.24, 2.45) is 5.73 Å². The number of carbonyl (C=O) groups excluding carboxylic acids is 2. The number of thiazole rings is 1. The third-order valence-corrected chi connectivity index (χ3v) is 3.85. The summed E-state index contributed by atoms with van der Waals surface area (Å²) in [5, 5.41) is 5.88. The molecule has 6 nitrogen and oxygen atoms in total. The van der Waals surface area contributed by atoms with Gasteiger partial charge in [-0.2, -0.15) is 0 Å². The first-order valence-electron chi connectivity index (χ1n) is 6.79. The summed E-state index contributed by atoms with van der Waals surface area (Å²) in [6, 6.07) is 6.46. The highest BCUT2D eigenvalue weighted by molar-refractivity contribution is 7.15. The van der Waals surface area contributed by atoms with Gasteiger partial charge in [0.05, 0.1) is 12.5 Å². The molecule has 2 aromatic rings. The van der Waals surface area contributed by atoms with E-state index in [2.05, 4.69) is 15.6 Å². The third-order valence-electron chi connectivity index (χ3n) is 3.02. The number of benzene rings is 1. The monoisotopic (exact) mass is 318 g/mol. The molecule has 1 unspecified atom stereocenters. The average molecular weight is 318 g/mol. The van der Waals surface area contributed by atoms with E-state index in [1.54, 1.807) is 6.20 Å². The lowest BCUT2D eigenvalue weighted by molar-refractivity contribution is -0.116. The van der Waals surface area contributed by atoms with Crippen molar-refractivity contribution in [2.75, 3.05) is 5.32 Å². The van der Waals surface area contributed by atoms with E-state index in [-0.39, 0.29) is 12.3 Å². The Morgan fingerprint density at radius 3 is 2.73 bits per heavy atom. The van der Waals surface area contributed by atoms with E-state index in [4.69, 9.17) is 5.73 Å². The van der Waals surface area contributed by atoms with E-state index < -0.39 is 12.1 Å². The molecule has 0 bridgehead atoms. The van der Waals surface area contributed by atoms with Gasteiger partial charge in [0.25, 0.3) is 0 Å². The van der Waals surface area contributed by atoms with E-state index in [0.29, 0.717) is 5.13 Å². The second kappa shape index (κ2) is 7.04. The van der Waals surface area contributed by atoms with Crippen LogP contribution in [0.15, 0.2) is 30.5 Å². The Labute approximate surface area is 132 Å². The van der Waals surface area contributed by atoms with Crippen LogP contribution in [-0.4, -0.2) is 16.9 Å². The number of aromatic nitrogens is 1. The second-order valence-electron chi connectivity index (χ2n) is 5.00. The number of nitrogens with one attached hydrogen (secondary N) is 2. The Bertz CT molecular complexity index is 684. The fraction of sp³-hybridized carbons (Fsp3) is 0.267. The van der Waals surface area contributed by atoms with E-state index >= 15 is 0 Å². The Morgan fingerprint density at radius 2 is 2.14 bits per heavy atom. The van der Waals surface area contributed by atoms with Gasteiger partial charge in [-0.1, -0.05) is 29.8 Å². The maximum atomic E-state index is 12.1. The summed E-state index contributed by atoms with van der Waals surface area (Å²) >= 11 is 1.40. The van der Waals surface area contributed by atoms with Gasteiger partial charge >= 0.3 is 6.03 Å². The minimum absolute atomic E-state index is 0.0883. The first-order chi connectivity index (χ1) is 10.4. The molecule has 7 heteroatoms. The number of nitrogens with two attached hydrogens (primary N) is 1. The molecule has 1 atom stereocenters. The van der Waals surface area contributed by atoms with Crippen LogP contribution in [0.2, 0.25) is 0 Å². The zero-order valence-electron chi connectivity index (χ0n) is 12.4. The number of hydrogen-bond donors (Lipinski definition) is 3. The molecule has 0 radical (unpaired) electrons. The van der Waals surface area contributed by atoms with E-state index in [0.717, 1.165) is 16.0 Å². The molecule has 0 saturated heterocycles. The van der Waals surface area contributed by atoms with Crippen molar-refractivity contribution in [3.8, 4) is 0 Å². The van der Waals surface area contributed by atoms with E-state index in [1.807, 2.05) is 38.1 Å². The van der Waals surface area contributed by atoms with Crippen molar-refractivity contribution in [2.45, 2.75) is 26.3 Å². The lowest BCUT2D eigenvalue weighted by atomic mass is 10.0. The minimum atomic E-state index is -0.663. The lowest BCUT2D eigenvalue weighted by Gasteiger charge is -2.17. The smallest absolute Gasteiger partial charge is 0.312 e. The summed E-state index contributed by atoms with van der Waals surface area (Å²) in [7, 11) is 0. The highest BCUT2D eigenvalue weighted by Gasteiger charge is 2.18. The molecule has 0 saturated carbocycles. The van der Waals surface area contributed by atoms with Crippen molar-refractivity contribution in [3.05, 3.63) is 46.5 Å². The van der Waals surface area contributed by atoms with Crippen molar-refractivity contribution in [3.63, 3.8) is 0 Å². The molecule has 0 spiro atoms. The van der Waals surface area contributed by atoms with Gasteiger partial charge in [0.1, 0.15) is 0 Å². The summed E-state index contributed by atoms with van der Waals surface area (Å²) in [5.74, 6) is -0.227. The number of anilines is 1. The normalized spacial score (nSPS) is 11.7. The van der Waals surface area contributed by atoms with Crippen molar-refractivity contribution >= 4 is 28.4 Å². The SMILES string of the molecule is Cc1cccc(C(CC(=O)Nc2ncc(C)s2)NC(N)=O)c1. The van der Waals surface area contributed by atoms with Gasteiger partial charge in [-0.25, -0.2) is 9.78 Å². The summed E-state index contributed by atoms with van der Waals surface area (Å²) in [6.45, 7) is 3.86. The quantitative estimate of drug-likeness (QED) is 0.790. The Kier molecular flexibility index (Phi) is 5.11. The molecular formula is C15H18N4O2S. The number of nitrogens with zero attached hydrogens (tertiary/aromatic N) is 1. The maximum absolute atomic E-state index is 12.1. The van der Waals surface area contributed by atoms with Gasteiger partial charge in [-0.3, -0.25) is 4.79 Å². The Morgan fingerprint density at radius 1 is 1.36 bits per heavy atom. The summed E-state index contributed by atoms with van der Waals surface area (Å²) in [6.07, 6.45) is 1.78. The molecule has 4 N–H and O–H groups in total. The van der Waals surface area contributed by atoms with Crippen molar-refractivity contribution in [1.29, 1.82) is 0 Å². The standard InChI is InChI=1S/C15H18N4O2S/c1-9-4-3-5-11(6-9)12(18-14(16)21)7-13(20)19-15-17-8-10(2)22-15/h3-6,8,12H,7H2,1-2H3,(H3,16,18,21)(H,17,19,20). The lowest BCUT2D eigenvalue weighted by Crippen LogP contribution is -2.35. The van der Waals surface area contributed by atoms with Gasteiger partial charge in [0.15, 0.2) is 5.13 Å².